The summed E-state index contributed by atoms with van der Waals surface area (Å²) in [6.45, 7) is 14.3. The maximum absolute atomic E-state index is 12.6. The fraction of sp³-hybridized carbons (Fsp3) is 0.524. The number of benzene rings is 1. The number of carbonyl (C=O) groups excluding carboxylic acids is 2. The largest absolute Gasteiger partial charge is 0.416 e. The minimum absolute atomic E-state index is 0.0637. The van der Waals surface area contributed by atoms with Crippen molar-refractivity contribution in [2.45, 2.75) is 58.9 Å². The number of nitrogens with zero attached hydrogens (tertiary/aromatic N) is 1. The van der Waals surface area contributed by atoms with E-state index in [0.717, 1.165) is 18.4 Å². The van der Waals surface area contributed by atoms with E-state index in [1.165, 1.54) is 11.1 Å². The van der Waals surface area contributed by atoms with E-state index in [1.54, 1.807) is 13.8 Å². The average molecular weight is 341 g/mol. The molecule has 0 spiro atoms. The molecule has 1 saturated heterocycles. The van der Waals surface area contributed by atoms with E-state index in [9.17, 15) is 9.59 Å². The Morgan fingerprint density at radius 3 is 2.52 bits per heavy atom. The molecule has 2 aliphatic rings. The molecular weight excluding hydrogens is 314 g/mol. The molecule has 2 bridgehead atoms. The Morgan fingerprint density at radius 2 is 1.92 bits per heavy atom. The van der Waals surface area contributed by atoms with Gasteiger partial charge in [-0.05, 0) is 49.3 Å². The lowest BCUT2D eigenvalue weighted by molar-refractivity contribution is -0.0296. The van der Waals surface area contributed by atoms with Crippen molar-refractivity contribution in [3.8, 4) is 0 Å². The van der Waals surface area contributed by atoms with Crippen LogP contribution in [0.3, 0.4) is 0 Å². The lowest BCUT2D eigenvalue weighted by Gasteiger charge is -2.60. The van der Waals surface area contributed by atoms with Crippen molar-refractivity contribution in [1.29, 1.82) is 0 Å². The highest BCUT2D eigenvalue weighted by Gasteiger charge is 2.57. The Labute approximate surface area is 149 Å². The van der Waals surface area contributed by atoms with Gasteiger partial charge in [-0.3, -0.25) is 4.79 Å². The second kappa shape index (κ2) is 5.72. The number of Topliss-reactive ketones (excluding diaryl/α,β-unsaturated/α-hetero) is 1. The predicted molar refractivity (Wildman–Crippen MR) is 97.7 cm³/mol. The number of ketones is 1. The maximum Gasteiger partial charge on any atom is 0.415 e. The molecule has 1 fully saturated rings. The smallest absolute Gasteiger partial charge is 0.415 e. The van der Waals surface area contributed by atoms with E-state index in [2.05, 4.69) is 39.5 Å². The quantitative estimate of drug-likeness (QED) is 0.589. The third kappa shape index (κ3) is 2.59. The van der Waals surface area contributed by atoms with Crippen LogP contribution in [0.1, 0.15) is 62.5 Å². The molecule has 0 radical (unpaired) electrons. The predicted octanol–water partition coefficient (Wildman–Crippen LogP) is 4.47. The molecule has 1 heterocycles. The molecule has 0 unspecified atom stereocenters. The molecule has 0 saturated carbocycles. The Hall–Kier alpha value is -2.10. The van der Waals surface area contributed by atoms with Gasteiger partial charge in [-0.25, -0.2) is 4.79 Å². The summed E-state index contributed by atoms with van der Waals surface area (Å²) < 4.78 is 5.29. The number of hydrogen-bond acceptors (Lipinski definition) is 3. The molecule has 1 aliphatic carbocycles. The third-order valence-electron chi connectivity index (χ3n) is 6.50. The van der Waals surface area contributed by atoms with E-state index >= 15 is 0 Å². The summed E-state index contributed by atoms with van der Waals surface area (Å²) in [6.07, 6.45) is 1.31. The second-order valence-electron chi connectivity index (χ2n) is 8.22. The Bertz CT molecular complexity index is 764. The summed E-state index contributed by atoms with van der Waals surface area (Å²) in [5, 5.41) is 0. The summed E-state index contributed by atoms with van der Waals surface area (Å²) in [7, 11) is 0. The number of amides is 1. The van der Waals surface area contributed by atoms with E-state index in [0.29, 0.717) is 12.3 Å². The summed E-state index contributed by atoms with van der Waals surface area (Å²) in [5.41, 5.74) is 3.04. The monoisotopic (exact) mass is 341 g/mol. The van der Waals surface area contributed by atoms with Gasteiger partial charge in [0, 0.05) is 23.6 Å². The van der Waals surface area contributed by atoms with Crippen LogP contribution in [-0.2, 0) is 16.6 Å². The van der Waals surface area contributed by atoms with Gasteiger partial charge < -0.3 is 9.64 Å². The number of likely N-dealkylation sites (tertiary alicyclic amines) is 1. The minimum Gasteiger partial charge on any atom is -0.416 e. The SMILES string of the molecule is C=C(C)OC(=O)N1CC[C@@]2(C)c3cc(C(C)=O)ccc3C[C@@H]1C2(C)C. The van der Waals surface area contributed by atoms with Gasteiger partial charge >= 0.3 is 6.09 Å². The molecule has 0 aromatic heterocycles. The van der Waals surface area contributed by atoms with Crippen LogP contribution in [0.25, 0.3) is 0 Å². The van der Waals surface area contributed by atoms with Crippen molar-refractivity contribution in [2.24, 2.45) is 5.41 Å². The Morgan fingerprint density at radius 1 is 1.24 bits per heavy atom. The van der Waals surface area contributed by atoms with Gasteiger partial charge in [-0.15, -0.1) is 0 Å². The van der Waals surface area contributed by atoms with Crippen LogP contribution in [0.2, 0.25) is 0 Å². The zero-order chi connectivity index (χ0) is 18.6. The first-order valence-corrected chi connectivity index (χ1v) is 8.86. The normalized spacial score (nSPS) is 26.6. The molecule has 2 atom stereocenters. The van der Waals surface area contributed by atoms with E-state index in [1.807, 2.05) is 11.0 Å². The number of ether oxygens (including phenoxy) is 1. The van der Waals surface area contributed by atoms with E-state index in [-0.39, 0.29) is 28.7 Å². The fourth-order valence-corrected chi connectivity index (χ4v) is 4.55. The highest BCUT2D eigenvalue weighted by Crippen LogP contribution is 2.56. The average Bonchev–Trinajstić information content (AvgIpc) is 2.49. The van der Waals surface area contributed by atoms with Crippen LogP contribution in [0.5, 0.6) is 0 Å². The Kier molecular flexibility index (Phi) is 4.05. The van der Waals surface area contributed by atoms with Crippen LogP contribution in [0.4, 0.5) is 4.79 Å². The van der Waals surface area contributed by atoms with Crippen molar-refractivity contribution >= 4 is 11.9 Å². The first-order chi connectivity index (χ1) is 11.6. The van der Waals surface area contributed by atoms with Crippen molar-refractivity contribution in [3.63, 3.8) is 0 Å². The fourth-order valence-electron chi connectivity index (χ4n) is 4.55. The third-order valence-corrected chi connectivity index (χ3v) is 6.50. The van der Waals surface area contributed by atoms with Gasteiger partial charge in [-0.1, -0.05) is 39.5 Å². The summed E-state index contributed by atoms with van der Waals surface area (Å²) in [4.78, 5) is 26.3. The van der Waals surface area contributed by atoms with Gasteiger partial charge in [0.25, 0.3) is 0 Å². The summed E-state index contributed by atoms with van der Waals surface area (Å²) >= 11 is 0. The number of piperidine rings is 1. The number of carbonyl (C=O) groups is 2. The van der Waals surface area contributed by atoms with Gasteiger partial charge in [0.2, 0.25) is 0 Å². The summed E-state index contributed by atoms with van der Waals surface area (Å²) in [6, 6.07) is 6.08. The molecule has 1 aromatic carbocycles. The highest BCUT2D eigenvalue weighted by atomic mass is 16.6. The van der Waals surface area contributed by atoms with Crippen LogP contribution in [-0.4, -0.2) is 29.4 Å². The molecule has 134 valence electrons. The van der Waals surface area contributed by atoms with E-state index in [4.69, 9.17) is 4.74 Å². The van der Waals surface area contributed by atoms with Crippen molar-refractivity contribution in [1.82, 2.24) is 4.90 Å². The highest BCUT2D eigenvalue weighted by molar-refractivity contribution is 5.94. The van der Waals surface area contributed by atoms with Crippen LogP contribution in [0, 0.1) is 5.41 Å². The number of hydrogen-bond donors (Lipinski definition) is 0. The zero-order valence-electron chi connectivity index (χ0n) is 15.8. The number of allylic oxidation sites excluding steroid dienone is 1. The van der Waals surface area contributed by atoms with Gasteiger partial charge in [0.05, 0.1) is 5.76 Å². The lowest BCUT2D eigenvalue weighted by Crippen LogP contribution is -2.64. The zero-order valence-corrected chi connectivity index (χ0v) is 15.8. The first-order valence-electron chi connectivity index (χ1n) is 8.86. The molecular formula is C21H27NO3. The number of fused-ring (bicyclic) bond motifs is 4. The molecule has 1 amide bonds. The van der Waals surface area contributed by atoms with Crippen LogP contribution < -0.4 is 0 Å². The second-order valence-corrected chi connectivity index (χ2v) is 8.22. The van der Waals surface area contributed by atoms with Crippen molar-refractivity contribution in [3.05, 3.63) is 47.2 Å². The lowest BCUT2D eigenvalue weighted by atomic mass is 9.51. The molecule has 1 aliphatic heterocycles. The molecule has 3 rings (SSSR count). The minimum atomic E-state index is -0.309. The van der Waals surface area contributed by atoms with Gasteiger partial charge in [-0.2, -0.15) is 0 Å². The molecule has 0 N–H and O–H groups in total. The first kappa shape index (κ1) is 17.7. The topological polar surface area (TPSA) is 46.6 Å². The molecule has 4 heteroatoms. The molecule has 4 nitrogen and oxygen atoms in total. The van der Waals surface area contributed by atoms with Crippen molar-refractivity contribution in [2.75, 3.05) is 6.54 Å². The van der Waals surface area contributed by atoms with Crippen molar-refractivity contribution < 1.29 is 14.3 Å². The van der Waals surface area contributed by atoms with Gasteiger partial charge in [0.1, 0.15) is 0 Å². The standard InChI is InChI=1S/C21H27NO3/c1-13(2)25-19(24)22-10-9-21(6)17-11-15(14(3)23)7-8-16(17)12-18(22)20(21,4)5/h7-8,11,18H,1,9-10,12H2,2-6H3/t18-,21+/m1/s1. The maximum atomic E-state index is 12.6. The molecule has 1 aromatic rings. The van der Waals surface area contributed by atoms with Crippen LogP contribution >= 0.6 is 0 Å². The number of rotatable bonds is 2. The van der Waals surface area contributed by atoms with E-state index < -0.39 is 0 Å². The Balaban J connectivity index is 2.06. The molecule has 25 heavy (non-hydrogen) atoms. The van der Waals surface area contributed by atoms with Crippen LogP contribution in [0.15, 0.2) is 30.5 Å². The van der Waals surface area contributed by atoms with Gasteiger partial charge in [0.15, 0.2) is 5.78 Å². The summed E-state index contributed by atoms with van der Waals surface area (Å²) in [5.74, 6) is 0.507.